The van der Waals surface area contributed by atoms with Crippen LogP contribution in [0.3, 0.4) is 0 Å². The van der Waals surface area contributed by atoms with Crippen LogP contribution in [0.15, 0.2) is 0 Å². The summed E-state index contributed by atoms with van der Waals surface area (Å²) in [6.07, 6.45) is 4.43. The van der Waals surface area contributed by atoms with E-state index in [2.05, 4.69) is 0 Å². The van der Waals surface area contributed by atoms with E-state index in [1.165, 1.54) is 30.6 Å². The monoisotopic (exact) mass is 231 g/mol. The topological polar surface area (TPSA) is 20.3 Å². The van der Waals surface area contributed by atoms with E-state index in [0.717, 1.165) is 18.8 Å². The maximum atomic E-state index is 12.2. The lowest BCUT2D eigenvalue weighted by Gasteiger charge is -2.17. The molecule has 1 saturated heterocycles. The summed E-state index contributed by atoms with van der Waals surface area (Å²) in [7, 11) is 0. The van der Waals surface area contributed by atoms with Crippen molar-refractivity contribution in [3.63, 3.8) is 0 Å². The summed E-state index contributed by atoms with van der Waals surface area (Å²) in [4.78, 5) is 12.4. The van der Waals surface area contributed by atoms with E-state index < -0.39 is 12.3 Å². The van der Waals surface area contributed by atoms with Gasteiger partial charge in [0.1, 0.15) is 0 Å². The highest BCUT2D eigenvalue weighted by Gasteiger charge is 2.32. The van der Waals surface area contributed by atoms with Crippen molar-refractivity contribution >= 4 is 5.91 Å². The molecule has 1 heterocycles. The number of carbonyl (C=O) groups excluding carboxylic acids is 1. The molecule has 1 aliphatic heterocycles. The highest BCUT2D eigenvalue weighted by atomic mass is 19.3. The minimum Gasteiger partial charge on any atom is -0.337 e. The Kier molecular flexibility index (Phi) is 3.77. The van der Waals surface area contributed by atoms with Crippen LogP contribution in [0.2, 0.25) is 0 Å². The second kappa shape index (κ2) is 5.11. The predicted molar refractivity (Wildman–Crippen MR) is 57.3 cm³/mol. The number of amides is 1. The van der Waals surface area contributed by atoms with E-state index in [1.807, 2.05) is 0 Å². The van der Waals surface area contributed by atoms with E-state index in [0.29, 0.717) is 19.0 Å². The fourth-order valence-corrected chi connectivity index (χ4v) is 3.08. The normalized spacial score (nSPS) is 26.9. The van der Waals surface area contributed by atoms with Gasteiger partial charge < -0.3 is 4.90 Å². The van der Waals surface area contributed by atoms with Gasteiger partial charge in [-0.2, -0.15) is 8.78 Å². The summed E-state index contributed by atoms with van der Waals surface area (Å²) in [5.41, 5.74) is 0. The van der Waals surface area contributed by atoms with Crippen molar-refractivity contribution in [2.45, 2.75) is 45.0 Å². The van der Waals surface area contributed by atoms with Gasteiger partial charge in [-0.1, -0.05) is 25.7 Å². The van der Waals surface area contributed by atoms with Crippen LogP contribution in [0.25, 0.3) is 0 Å². The third-order valence-electron chi connectivity index (χ3n) is 3.93. The second-order valence-corrected chi connectivity index (χ2v) is 5.13. The smallest absolute Gasteiger partial charge is 0.315 e. The van der Waals surface area contributed by atoms with Crippen molar-refractivity contribution in [2.75, 3.05) is 13.1 Å². The molecule has 92 valence electrons. The maximum absolute atomic E-state index is 12.2. The SMILES string of the molecule is O=C(C(F)F)N1CC[C@H](CC2CCCC2)C1. The van der Waals surface area contributed by atoms with Crippen LogP contribution in [0.1, 0.15) is 38.5 Å². The molecule has 0 spiro atoms. The van der Waals surface area contributed by atoms with Crippen molar-refractivity contribution < 1.29 is 13.6 Å². The first-order chi connectivity index (χ1) is 7.66. The summed E-state index contributed by atoms with van der Waals surface area (Å²) in [6.45, 7) is 1.08. The number of carbonyl (C=O) groups is 1. The standard InChI is InChI=1S/C12H19F2NO/c13-11(14)12(16)15-6-5-10(8-15)7-9-3-1-2-4-9/h9-11H,1-8H2/t10-/m1/s1. The zero-order chi connectivity index (χ0) is 11.5. The van der Waals surface area contributed by atoms with Crippen molar-refractivity contribution in [1.29, 1.82) is 0 Å². The van der Waals surface area contributed by atoms with Crippen molar-refractivity contribution in [3.05, 3.63) is 0 Å². The Morgan fingerprint density at radius 2 is 1.88 bits per heavy atom. The van der Waals surface area contributed by atoms with Gasteiger partial charge in [-0.3, -0.25) is 4.79 Å². The van der Waals surface area contributed by atoms with E-state index in [9.17, 15) is 13.6 Å². The molecule has 0 aromatic carbocycles. The number of likely N-dealkylation sites (tertiary alicyclic amines) is 1. The van der Waals surface area contributed by atoms with E-state index in [-0.39, 0.29) is 0 Å². The van der Waals surface area contributed by atoms with E-state index >= 15 is 0 Å². The highest BCUT2D eigenvalue weighted by Crippen LogP contribution is 2.33. The molecule has 2 fully saturated rings. The summed E-state index contributed by atoms with van der Waals surface area (Å²) in [5.74, 6) is 0.270. The van der Waals surface area contributed by atoms with Gasteiger partial charge in [0.2, 0.25) is 0 Å². The second-order valence-electron chi connectivity index (χ2n) is 5.13. The van der Waals surface area contributed by atoms with Gasteiger partial charge in [-0.05, 0) is 24.7 Å². The molecule has 0 radical (unpaired) electrons. The molecule has 0 aromatic rings. The molecule has 1 atom stereocenters. The molecule has 0 aromatic heterocycles. The van der Waals surface area contributed by atoms with E-state index in [4.69, 9.17) is 0 Å². The molecular formula is C12H19F2NO. The molecule has 0 N–H and O–H groups in total. The first-order valence-corrected chi connectivity index (χ1v) is 6.23. The number of hydrogen-bond acceptors (Lipinski definition) is 1. The summed E-state index contributed by atoms with van der Waals surface area (Å²) >= 11 is 0. The first-order valence-electron chi connectivity index (χ1n) is 6.23. The average Bonchev–Trinajstić information content (AvgIpc) is 2.88. The van der Waals surface area contributed by atoms with Crippen LogP contribution < -0.4 is 0 Å². The third-order valence-corrected chi connectivity index (χ3v) is 3.93. The lowest BCUT2D eigenvalue weighted by atomic mass is 9.93. The fourth-order valence-electron chi connectivity index (χ4n) is 3.08. The molecule has 4 heteroatoms. The molecule has 2 nitrogen and oxygen atoms in total. The summed E-state index contributed by atoms with van der Waals surface area (Å²) in [6, 6.07) is 0. The molecule has 1 aliphatic carbocycles. The minimum atomic E-state index is -2.83. The first kappa shape index (κ1) is 11.8. The van der Waals surface area contributed by atoms with Gasteiger partial charge in [0.15, 0.2) is 0 Å². The van der Waals surface area contributed by atoms with Crippen LogP contribution in [0, 0.1) is 11.8 Å². The predicted octanol–water partition coefficient (Wildman–Crippen LogP) is 2.68. The Labute approximate surface area is 95.0 Å². The zero-order valence-electron chi connectivity index (χ0n) is 9.50. The van der Waals surface area contributed by atoms with E-state index in [1.54, 1.807) is 0 Å². The molecule has 0 unspecified atom stereocenters. The van der Waals surface area contributed by atoms with Gasteiger partial charge in [0, 0.05) is 13.1 Å². The van der Waals surface area contributed by atoms with Crippen LogP contribution in [0.4, 0.5) is 8.78 Å². The van der Waals surface area contributed by atoms with Gasteiger partial charge >= 0.3 is 6.43 Å². The molecule has 1 amide bonds. The molecule has 16 heavy (non-hydrogen) atoms. The van der Waals surface area contributed by atoms with Gasteiger partial charge in [0.05, 0.1) is 0 Å². The number of halogens is 2. The lowest BCUT2D eigenvalue weighted by molar-refractivity contribution is -0.141. The number of alkyl halides is 2. The van der Waals surface area contributed by atoms with Gasteiger partial charge in [0.25, 0.3) is 5.91 Å². The van der Waals surface area contributed by atoms with Crippen molar-refractivity contribution in [1.82, 2.24) is 4.90 Å². The number of nitrogens with zero attached hydrogens (tertiary/aromatic N) is 1. The Bertz CT molecular complexity index is 251. The Morgan fingerprint density at radius 3 is 2.50 bits per heavy atom. The van der Waals surface area contributed by atoms with Crippen molar-refractivity contribution in [3.8, 4) is 0 Å². The fraction of sp³-hybridized carbons (Fsp3) is 0.917. The number of rotatable bonds is 3. The van der Waals surface area contributed by atoms with Gasteiger partial charge in [-0.25, -0.2) is 0 Å². The Hall–Kier alpha value is -0.670. The van der Waals surface area contributed by atoms with Crippen LogP contribution >= 0.6 is 0 Å². The van der Waals surface area contributed by atoms with Crippen molar-refractivity contribution in [2.24, 2.45) is 11.8 Å². The highest BCUT2D eigenvalue weighted by molar-refractivity contribution is 5.79. The Balaban J connectivity index is 1.76. The van der Waals surface area contributed by atoms with Crippen LogP contribution in [0.5, 0.6) is 0 Å². The average molecular weight is 231 g/mol. The minimum absolute atomic E-state index is 0.464. The molecule has 1 saturated carbocycles. The van der Waals surface area contributed by atoms with Crippen LogP contribution in [-0.2, 0) is 4.79 Å². The largest absolute Gasteiger partial charge is 0.337 e. The van der Waals surface area contributed by atoms with Crippen LogP contribution in [-0.4, -0.2) is 30.3 Å². The zero-order valence-corrected chi connectivity index (χ0v) is 9.50. The molecular weight excluding hydrogens is 212 g/mol. The number of hydrogen-bond donors (Lipinski definition) is 0. The Morgan fingerprint density at radius 1 is 1.19 bits per heavy atom. The maximum Gasteiger partial charge on any atom is 0.315 e. The lowest BCUT2D eigenvalue weighted by Crippen LogP contribution is -2.33. The summed E-state index contributed by atoms with van der Waals surface area (Å²) in [5, 5.41) is 0. The summed E-state index contributed by atoms with van der Waals surface area (Å²) < 4.78 is 24.4. The third kappa shape index (κ3) is 2.71. The van der Waals surface area contributed by atoms with Gasteiger partial charge in [-0.15, -0.1) is 0 Å². The quantitative estimate of drug-likeness (QED) is 0.731. The molecule has 2 rings (SSSR count). The molecule has 0 bridgehead atoms. The molecule has 2 aliphatic rings.